The normalized spacial score (nSPS) is 9.18. The van der Waals surface area contributed by atoms with Crippen LogP contribution in [-0.2, 0) is 0 Å². The predicted molar refractivity (Wildman–Crippen MR) is 72.5 cm³/mol. The number of hydrogen-bond acceptors (Lipinski definition) is 2. The third kappa shape index (κ3) is 4.29. The van der Waals surface area contributed by atoms with E-state index in [9.17, 15) is 0 Å². The molecule has 2 aromatic rings. The molecule has 17 heavy (non-hydrogen) atoms. The van der Waals surface area contributed by atoms with Crippen molar-refractivity contribution in [3.05, 3.63) is 59.7 Å². The molecule has 0 aromatic heterocycles. The number of rotatable bonds is 2. The second kappa shape index (κ2) is 6.71. The molecule has 2 rings (SSSR count). The molecule has 0 amide bonds. The summed E-state index contributed by atoms with van der Waals surface area (Å²) in [7, 11) is 1.50. The van der Waals surface area contributed by atoms with Gasteiger partial charge in [0.15, 0.2) is 0 Å². The van der Waals surface area contributed by atoms with Crippen LogP contribution >= 0.6 is 0 Å². The fourth-order valence-corrected chi connectivity index (χ4v) is 1.42. The molecule has 2 heteroatoms. The van der Waals surface area contributed by atoms with Gasteiger partial charge in [0.05, 0.1) is 0 Å². The van der Waals surface area contributed by atoms with Gasteiger partial charge in [0, 0.05) is 0 Å². The van der Waals surface area contributed by atoms with E-state index < -0.39 is 0 Å². The largest absolute Gasteiger partial charge is 0.457 e. The molecule has 0 aliphatic heterocycles. The zero-order valence-electron chi connectivity index (χ0n) is 10.6. The summed E-state index contributed by atoms with van der Waals surface area (Å²) in [4.78, 5) is 0. The van der Waals surface area contributed by atoms with Gasteiger partial charge >= 0.3 is 0 Å². The summed E-state index contributed by atoms with van der Waals surface area (Å²) < 4.78 is 5.71. The summed E-state index contributed by atoms with van der Waals surface area (Å²) in [5, 5.41) is 0. The lowest BCUT2D eigenvalue weighted by Crippen LogP contribution is -1.84. The first kappa shape index (κ1) is 13.3. The predicted octanol–water partition coefficient (Wildman–Crippen LogP) is 3.67. The van der Waals surface area contributed by atoms with Gasteiger partial charge in [-0.2, -0.15) is 0 Å². The van der Waals surface area contributed by atoms with Gasteiger partial charge in [0.25, 0.3) is 0 Å². The molecular weight excluding hydrogens is 210 g/mol. The van der Waals surface area contributed by atoms with Gasteiger partial charge in [-0.05, 0) is 50.7 Å². The molecule has 0 radical (unpaired) electrons. The van der Waals surface area contributed by atoms with Crippen LogP contribution in [0.15, 0.2) is 48.5 Å². The highest BCUT2D eigenvalue weighted by atomic mass is 16.5. The lowest BCUT2D eigenvalue weighted by Gasteiger charge is -2.06. The molecule has 2 aromatic carbocycles. The molecule has 0 heterocycles. The van der Waals surface area contributed by atoms with Crippen LogP contribution in [0.25, 0.3) is 0 Å². The van der Waals surface area contributed by atoms with Crippen molar-refractivity contribution < 1.29 is 4.74 Å². The van der Waals surface area contributed by atoms with E-state index in [1.165, 1.54) is 18.2 Å². The van der Waals surface area contributed by atoms with Crippen LogP contribution in [0.1, 0.15) is 11.1 Å². The van der Waals surface area contributed by atoms with E-state index in [2.05, 4.69) is 25.6 Å². The van der Waals surface area contributed by atoms with E-state index in [4.69, 9.17) is 4.74 Å². The molecule has 0 bridgehead atoms. The maximum atomic E-state index is 5.71. The highest BCUT2D eigenvalue weighted by molar-refractivity contribution is 5.34. The van der Waals surface area contributed by atoms with Gasteiger partial charge in [-0.25, -0.2) is 0 Å². The molecule has 0 saturated carbocycles. The van der Waals surface area contributed by atoms with Crippen molar-refractivity contribution in [1.29, 1.82) is 0 Å². The molecule has 0 saturated heterocycles. The number of ether oxygens (including phenoxy) is 1. The summed E-state index contributed by atoms with van der Waals surface area (Å²) in [6.07, 6.45) is 0. The van der Waals surface area contributed by atoms with Crippen LogP contribution in [0.4, 0.5) is 0 Å². The maximum Gasteiger partial charge on any atom is 0.127 e. The van der Waals surface area contributed by atoms with Gasteiger partial charge in [0.2, 0.25) is 0 Å². The minimum Gasteiger partial charge on any atom is -0.457 e. The Morgan fingerprint density at radius 2 is 1.41 bits per heavy atom. The summed E-state index contributed by atoms with van der Waals surface area (Å²) in [6.45, 7) is 4.12. The Bertz CT molecular complexity index is 449. The minimum atomic E-state index is 0.881. The molecule has 0 aliphatic carbocycles. The van der Waals surface area contributed by atoms with Gasteiger partial charge in [-0.15, -0.1) is 0 Å². The quantitative estimate of drug-likeness (QED) is 0.852. The van der Waals surface area contributed by atoms with Gasteiger partial charge in [-0.3, -0.25) is 0 Å². The van der Waals surface area contributed by atoms with E-state index in [1.807, 2.05) is 42.5 Å². The van der Waals surface area contributed by atoms with E-state index >= 15 is 0 Å². The first-order valence-corrected chi connectivity index (χ1v) is 5.63. The van der Waals surface area contributed by atoms with Crippen molar-refractivity contribution >= 4 is 0 Å². The van der Waals surface area contributed by atoms with Crippen LogP contribution in [0, 0.1) is 13.8 Å². The molecule has 0 spiro atoms. The number of benzene rings is 2. The third-order valence-electron chi connectivity index (χ3n) is 2.25. The lowest BCUT2D eigenvalue weighted by atomic mass is 10.2. The second-order valence-corrected chi connectivity index (χ2v) is 3.73. The maximum absolute atomic E-state index is 5.71. The van der Waals surface area contributed by atoms with Crippen LogP contribution < -0.4 is 10.5 Å². The summed E-state index contributed by atoms with van der Waals surface area (Å²) >= 11 is 0. The Hall–Kier alpha value is -1.80. The highest BCUT2D eigenvalue weighted by Gasteiger charge is 1.96. The van der Waals surface area contributed by atoms with Gasteiger partial charge < -0.3 is 10.5 Å². The fourth-order valence-electron chi connectivity index (χ4n) is 1.42. The topological polar surface area (TPSA) is 35.2 Å². The van der Waals surface area contributed by atoms with Crippen LogP contribution in [0.5, 0.6) is 11.5 Å². The van der Waals surface area contributed by atoms with E-state index in [1.54, 1.807) is 0 Å². The molecule has 2 N–H and O–H groups in total. The molecule has 0 unspecified atom stereocenters. The third-order valence-corrected chi connectivity index (χ3v) is 2.25. The van der Waals surface area contributed by atoms with Crippen molar-refractivity contribution in [3.8, 4) is 11.5 Å². The molecule has 90 valence electrons. The van der Waals surface area contributed by atoms with Crippen molar-refractivity contribution in [2.45, 2.75) is 13.8 Å². The fraction of sp³-hybridized carbons (Fsp3) is 0.200. The van der Waals surface area contributed by atoms with Crippen molar-refractivity contribution in [2.75, 3.05) is 7.05 Å². The molecule has 0 fully saturated rings. The Kier molecular flexibility index (Phi) is 5.24. The standard InChI is InChI=1S/C14H14O.CH5N/c1-11-6-8-13(9-7-11)15-14-5-3-4-12(2)10-14;1-2/h3-10H,1-2H3;2H2,1H3. The van der Waals surface area contributed by atoms with Crippen LogP contribution in [0.3, 0.4) is 0 Å². The van der Waals surface area contributed by atoms with Gasteiger partial charge in [-0.1, -0.05) is 29.8 Å². The first-order valence-electron chi connectivity index (χ1n) is 5.63. The Labute approximate surface area is 103 Å². The average molecular weight is 229 g/mol. The smallest absolute Gasteiger partial charge is 0.127 e. The van der Waals surface area contributed by atoms with Crippen molar-refractivity contribution in [2.24, 2.45) is 5.73 Å². The van der Waals surface area contributed by atoms with Crippen LogP contribution in [-0.4, -0.2) is 7.05 Å². The number of aryl methyl sites for hydroxylation is 2. The Morgan fingerprint density at radius 3 is 2.00 bits per heavy atom. The number of nitrogens with two attached hydrogens (primary N) is 1. The summed E-state index contributed by atoms with van der Waals surface area (Å²) in [5.74, 6) is 1.77. The average Bonchev–Trinajstić information content (AvgIpc) is 2.35. The SMILES string of the molecule is CN.Cc1ccc(Oc2cccc(C)c2)cc1. The number of hydrogen-bond donors (Lipinski definition) is 1. The monoisotopic (exact) mass is 229 g/mol. The van der Waals surface area contributed by atoms with E-state index in [0.717, 1.165) is 11.5 Å². The molecule has 2 nitrogen and oxygen atoms in total. The molecule has 0 atom stereocenters. The summed E-state index contributed by atoms with van der Waals surface area (Å²) in [6, 6.07) is 16.1. The second-order valence-electron chi connectivity index (χ2n) is 3.73. The highest BCUT2D eigenvalue weighted by Crippen LogP contribution is 2.22. The van der Waals surface area contributed by atoms with Crippen LogP contribution in [0.2, 0.25) is 0 Å². The summed E-state index contributed by atoms with van der Waals surface area (Å²) in [5.41, 5.74) is 6.95. The lowest BCUT2D eigenvalue weighted by molar-refractivity contribution is 0.482. The zero-order chi connectivity index (χ0) is 12.7. The molecule has 0 aliphatic rings. The Balaban J connectivity index is 0.000000686. The first-order chi connectivity index (χ1) is 8.24. The van der Waals surface area contributed by atoms with Gasteiger partial charge in [0.1, 0.15) is 11.5 Å². The van der Waals surface area contributed by atoms with E-state index in [-0.39, 0.29) is 0 Å². The minimum absolute atomic E-state index is 0.881. The molecular formula is C15H19NO. The van der Waals surface area contributed by atoms with Crippen molar-refractivity contribution in [1.82, 2.24) is 0 Å². The van der Waals surface area contributed by atoms with Crippen molar-refractivity contribution in [3.63, 3.8) is 0 Å². The van der Waals surface area contributed by atoms with E-state index in [0.29, 0.717) is 0 Å². The zero-order valence-corrected chi connectivity index (χ0v) is 10.6. The Morgan fingerprint density at radius 1 is 0.765 bits per heavy atom.